The molecule has 1 amide bonds. The summed E-state index contributed by atoms with van der Waals surface area (Å²) in [6, 6.07) is 0. The zero-order valence-corrected chi connectivity index (χ0v) is 8.01. The number of amides is 1. The van der Waals surface area contributed by atoms with Crippen molar-refractivity contribution in [1.29, 1.82) is 0 Å². The van der Waals surface area contributed by atoms with Gasteiger partial charge in [-0.15, -0.1) is 0 Å². The molecule has 0 aliphatic rings. The number of hydrogen-bond donors (Lipinski definition) is 1. The van der Waals surface area contributed by atoms with Crippen molar-refractivity contribution in [2.45, 2.75) is 19.6 Å². The minimum Gasteiger partial charge on any atom is -0.345 e. The van der Waals surface area contributed by atoms with Gasteiger partial charge < -0.3 is 9.88 Å². The van der Waals surface area contributed by atoms with Crippen molar-refractivity contribution in [2.75, 3.05) is 6.54 Å². The minimum absolute atomic E-state index is 0.151. The fraction of sp³-hybridized carbons (Fsp3) is 0.500. The number of carbonyl (C=O) groups excluding carboxylic acids is 1. The third-order valence-electron chi connectivity index (χ3n) is 1.72. The summed E-state index contributed by atoms with van der Waals surface area (Å²) in [5, 5.41) is 1.78. The van der Waals surface area contributed by atoms with E-state index in [1.165, 1.54) is 17.0 Å². The average molecular weight is 221 g/mol. The predicted molar refractivity (Wildman–Crippen MR) is 46.0 cm³/mol. The molecular weight excluding hydrogens is 211 g/mol. The van der Waals surface area contributed by atoms with E-state index in [1.807, 2.05) is 0 Å². The van der Waals surface area contributed by atoms with Crippen LogP contribution in [0.4, 0.5) is 13.2 Å². The second kappa shape index (κ2) is 4.33. The molecule has 1 rings (SSSR count). The second-order valence-corrected chi connectivity index (χ2v) is 2.99. The monoisotopic (exact) mass is 221 g/mol. The Hall–Kier alpha value is -1.53. The van der Waals surface area contributed by atoms with E-state index < -0.39 is 18.6 Å². The van der Waals surface area contributed by atoms with Gasteiger partial charge in [-0.05, 0) is 6.92 Å². The highest BCUT2D eigenvalue weighted by Crippen LogP contribution is 2.12. The molecule has 0 radical (unpaired) electrons. The molecule has 1 heterocycles. The Morgan fingerprint density at radius 3 is 2.73 bits per heavy atom. The van der Waals surface area contributed by atoms with Gasteiger partial charge in [0.1, 0.15) is 18.9 Å². The van der Waals surface area contributed by atoms with E-state index in [0.717, 1.165) is 0 Å². The zero-order valence-electron chi connectivity index (χ0n) is 8.01. The molecule has 15 heavy (non-hydrogen) atoms. The molecule has 7 heteroatoms. The molecule has 0 aliphatic carbocycles. The van der Waals surface area contributed by atoms with Gasteiger partial charge in [-0.3, -0.25) is 4.79 Å². The van der Waals surface area contributed by atoms with Crippen LogP contribution in [-0.2, 0) is 11.3 Å². The number of aromatic nitrogens is 2. The van der Waals surface area contributed by atoms with Crippen LogP contribution in [0.15, 0.2) is 12.4 Å². The summed E-state index contributed by atoms with van der Waals surface area (Å²) >= 11 is 0. The molecule has 0 spiro atoms. The molecule has 1 N–H and O–H groups in total. The van der Waals surface area contributed by atoms with Gasteiger partial charge in [-0.1, -0.05) is 0 Å². The van der Waals surface area contributed by atoms with Gasteiger partial charge in [0.25, 0.3) is 0 Å². The molecule has 0 saturated carbocycles. The van der Waals surface area contributed by atoms with Crippen LogP contribution in [0.1, 0.15) is 5.82 Å². The van der Waals surface area contributed by atoms with Crippen LogP contribution >= 0.6 is 0 Å². The molecule has 0 fully saturated rings. The Labute approximate surface area is 84.1 Å². The quantitative estimate of drug-likeness (QED) is 0.823. The summed E-state index contributed by atoms with van der Waals surface area (Å²) in [4.78, 5) is 14.9. The topological polar surface area (TPSA) is 46.9 Å². The van der Waals surface area contributed by atoms with Crippen molar-refractivity contribution >= 4 is 5.91 Å². The zero-order chi connectivity index (χ0) is 11.5. The number of nitrogens with zero attached hydrogens (tertiary/aromatic N) is 2. The largest absolute Gasteiger partial charge is 0.405 e. The molecule has 0 atom stereocenters. The van der Waals surface area contributed by atoms with Crippen LogP contribution in [0.2, 0.25) is 0 Å². The van der Waals surface area contributed by atoms with Crippen LogP contribution in [0.25, 0.3) is 0 Å². The number of halogens is 3. The van der Waals surface area contributed by atoms with Crippen LogP contribution in [-0.4, -0.2) is 28.2 Å². The summed E-state index contributed by atoms with van der Waals surface area (Å²) in [6.07, 6.45) is -1.37. The highest BCUT2D eigenvalue weighted by atomic mass is 19.4. The fourth-order valence-corrected chi connectivity index (χ4v) is 0.980. The first-order chi connectivity index (χ1) is 6.88. The van der Waals surface area contributed by atoms with Gasteiger partial charge in [0, 0.05) is 12.4 Å². The lowest BCUT2D eigenvalue weighted by Crippen LogP contribution is -2.35. The lowest BCUT2D eigenvalue weighted by Gasteiger charge is -2.09. The summed E-state index contributed by atoms with van der Waals surface area (Å²) in [7, 11) is 0. The summed E-state index contributed by atoms with van der Waals surface area (Å²) in [5.74, 6) is -0.106. The first-order valence-electron chi connectivity index (χ1n) is 4.19. The number of rotatable bonds is 3. The smallest absolute Gasteiger partial charge is 0.345 e. The van der Waals surface area contributed by atoms with E-state index in [-0.39, 0.29) is 6.54 Å². The molecule has 4 nitrogen and oxygen atoms in total. The summed E-state index contributed by atoms with van der Waals surface area (Å²) in [6.45, 7) is 0.207. The molecule has 0 aliphatic heterocycles. The maximum atomic E-state index is 11.7. The molecular formula is C8H10F3N3O. The van der Waals surface area contributed by atoms with Gasteiger partial charge in [-0.2, -0.15) is 13.2 Å². The molecule has 0 unspecified atom stereocenters. The van der Waals surface area contributed by atoms with Gasteiger partial charge in [0.05, 0.1) is 0 Å². The molecule has 1 aromatic heterocycles. The Morgan fingerprint density at radius 1 is 1.60 bits per heavy atom. The van der Waals surface area contributed by atoms with Crippen LogP contribution in [0, 0.1) is 6.92 Å². The van der Waals surface area contributed by atoms with Crippen LogP contribution in [0.3, 0.4) is 0 Å². The van der Waals surface area contributed by atoms with E-state index in [2.05, 4.69) is 4.98 Å². The van der Waals surface area contributed by atoms with Crippen molar-refractivity contribution in [3.63, 3.8) is 0 Å². The highest BCUT2D eigenvalue weighted by Gasteiger charge is 2.27. The standard InChI is InChI=1S/C8H10F3N3O/c1-6-12-2-3-14(6)4-7(15)13-5-8(9,10)11/h2-3H,4-5H2,1H3,(H,13,15). The Balaban J connectivity index is 2.41. The van der Waals surface area contributed by atoms with Gasteiger partial charge >= 0.3 is 6.18 Å². The molecule has 1 aromatic rings. The number of carbonyl (C=O) groups is 1. The molecule has 0 aromatic carbocycles. The van der Waals surface area contributed by atoms with Crippen LogP contribution < -0.4 is 5.32 Å². The minimum atomic E-state index is -4.38. The van der Waals surface area contributed by atoms with E-state index in [9.17, 15) is 18.0 Å². The number of hydrogen-bond acceptors (Lipinski definition) is 2. The van der Waals surface area contributed by atoms with Crippen molar-refractivity contribution < 1.29 is 18.0 Å². The van der Waals surface area contributed by atoms with Crippen molar-refractivity contribution in [2.24, 2.45) is 0 Å². The third-order valence-corrected chi connectivity index (χ3v) is 1.72. The van der Waals surface area contributed by atoms with Gasteiger partial charge in [0.2, 0.25) is 5.91 Å². The SMILES string of the molecule is Cc1nccn1CC(=O)NCC(F)(F)F. The summed E-state index contributed by atoms with van der Waals surface area (Å²) in [5.41, 5.74) is 0. The van der Waals surface area contributed by atoms with E-state index in [4.69, 9.17) is 0 Å². The predicted octanol–water partition coefficient (Wildman–Crippen LogP) is 0.870. The van der Waals surface area contributed by atoms with Gasteiger partial charge in [-0.25, -0.2) is 4.98 Å². The van der Waals surface area contributed by atoms with E-state index in [1.54, 1.807) is 12.2 Å². The normalized spacial score (nSPS) is 11.5. The van der Waals surface area contributed by atoms with Crippen LogP contribution in [0.5, 0.6) is 0 Å². The summed E-state index contributed by atoms with van der Waals surface area (Å²) < 4.78 is 36.7. The number of imidazole rings is 1. The first kappa shape index (κ1) is 11.5. The van der Waals surface area contributed by atoms with Crippen molar-refractivity contribution in [3.8, 4) is 0 Å². The Kier molecular flexibility index (Phi) is 3.33. The van der Waals surface area contributed by atoms with Gasteiger partial charge in [0.15, 0.2) is 0 Å². The highest BCUT2D eigenvalue weighted by molar-refractivity contribution is 5.75. The Morgan fingerprint density at radius 2 is 2.27 bits per heavy atom. The molecule has 0 saturated heterocycles. The second-order valence-electron chi connectivity index (χ2n) is 2.99. The number of alkyl halides is 3. The lowest BCUT2D eigenvalue weighted by molar-refractivity contribution is -0.138. The van der Waals surface area contributed by atoms with Crippen molar-refractivity contribution in [3.05, 3.63) is 18.2 Å². The molecule has 0 bridgehead atoms. The number of nitrogens with one attached hydrogen (secondary N) is 1. The van der Waals surface area contributed by atoms with E-state index in [0.29, 0.717) is 5.82 Å². The number of aryl methyl sites for hydroxylation is 1. The molecule has 84 valence electrons. The first-order valence-corrected chi connectivity index (χ1v) is 4.19. The van der Waals surface area contributed by atoms with Crippen molar-refractivity contribution in [1.82, 2.24) is 14.9 Å². The maximum absolute atomic E-state index is 11.7. The maximum Gasteiger partial charge on any atom is 0.405 e. The average Bonchev–Trinajstić information content (AvgIpc) is 2.47. The Bertz CT molecular complexity index is 345. The third kappa shape index (κ3) is 4.01. The fourth-order valence-electron chi connectivity index (χ4n) is 0.980. The van der Waals surface area contributed by atoms with E-state index >= 15 is 0 Å². The lowest BCUT2D eigenvalue weighted by atomic mass is 10.5.